The van der Waals surface area contributed by atoms with Gasteiger partial charge in [-0.25, -0.2) is 0 Å². The zero-order valence-electron chi connectivity index (χ0n) is 14.2. The van der Waals surface area contributed by atoms with Gasteiger partial charge in [0.25, 0.3) is 0 Å². The van der Waals surface area contributed by atoms with E-state index in [9.17, 15) is 4.79 Å². The van der Waals surface area contributed by atoms with Crippen molar-refractivity contribution in [3.8, 4) is 0 Å². The second-order valence-corrected chi connectivity index (χ2v) is 6.20. The molecule has 126 valence electrons. The predicted octanol–water partition coefficient (Wildman–Crippen LogP) is 2.84. The number of amides is 1. The van der Waals surface area contributed by atoms with Gasteiger partial charge in [0.05, 0.1) is 18.8 Å². The molecule has 4 nitrogen and oxygen atoms in total. The molecule has 0 aromatic heterocycles. The number of fused-ring (bicyclic) bond motifs is 1. The lowest BCUT2D eigenvalue weighted by Crippen LogP contribution is -2.41. The third-order valence-corrected chi connectivity index (χ3v) is 4.31. The predicted molar refractivity (Wildman–Crippen MR) is 97.0 cm³/mol. The molecule has 1 aromatic carbocycles. The second-order valence-electron chi connectivity index (χ2n) is 6.20. The number of benzene rings is 1. The van der Waals surface area contributed by atoms with Crippen LogP contribution in [0.3, 0.4) is 0 Å². The Morgan fingerprint density at radius 3 is 2.79 bits per heavy atom. The second kappa shape index (κ2) is 7.49. The van der Waals surface area contributed by atoms with Crippen molar-refractivity contribution in [1.29, 1.82) is 0 Å². The van der Waals surface area contributed by atoms with Gasteiger partial charge in [-0.2, -0.15) is 0 Å². The van der Waals surface area contributed by atoms with Crippen LogP contribution in [0.25, 0.3) is 0 Å². The van der Waals surface area contributed by atoms with E-state index in [1.54, 1.807) is 6.92 Å². The van der Waals surface area contributed by atoms with E-state index in [1.165, 1.54) is 11.3 Å². The van der Waals surface area contributed by atoms with Crippen LogP contribution >= 0.6 is 0 Å². The monoisotopic (exact) mass is 324 g/mol. The molecule has 24 heavy (non-hydrogen) atoms. The van der Waals surface area contributed by atoms with Crippen molar-refractivity contribution in [2.45, 2.75) is 26.0 Å². The molecule has 1 aliphatic heterocycles. The minimum atomic E-state index is -0.00903. The summed E-state index contributed by atoms with van der Waals surface area (Å²) in [5.74, 6) is -0.00903. The highest BCUT2D eigenvalue weighted by Gasteiger charge is 2.25. The van der Waals surface area contributed by atoms with Gasteiger partial charge in [0.2, 0.25) is 5.91 Å². The maximum absolute atomic E-state index is 11.2. The van der Waals surface area contributed by atoms with Gasteiger partial charge < -0.3 is 15.0 Å². The standard InChI is InChI=1S/C20H24N2O2/c1-15-12-18-9-8-17(14-21-16(2)23)13-20(18)22(10-11-24-15)19-6-4-3-5-7-19/h3-9,12-13,15,20H,10-11,14H2,1-2H3,(H,21,23)/b18-12-. The average Bonchev–Trinajstić information content (AvgIpc) is 2.57. The molecule has 1 N–H and O–H groups in total. The van der Waals surface area contributed by atoms with Crippen LogP contribution in [0.1, 0.15) is 13.8 Å². The Hall–Kier alpha value is -2.33. The zero-order valence-corrected chi connectivity index (χ0v) is 14.2. The van der Waals surface area contributed by atoms with Crippen LogP contribution in [-0.2, 0) is 9.53 Å². The summed E-state index contributed by atoms with van der Waals surface area (Å²) >= 11 is 0. The van der Waals surface area contributed by atoms with Crippen LogP contribution in [-0.4, -0.2) is 37.7 Å². The molecular weight excluding hydrogens is 300 g/mol. The molecule has 0 saturated carbocycles. The summed E-state index contributed by atoms with van der Waals surface area (Å²) in [6.07, 6.45) is 8.75. The van der Waals surface area contributed by atoms with E-state index in [0.29, 0.717) is 13.2 Å². The number of anilines is 1. The highest BCUT2D eigenvalue weighted by Crippen LogP contribution is 2.28. The molecule has 1 heterocycles. The number of hydrogen-bond donors (Lipinski definition) is 1. The molecule has 0 radical (unpaired) electrons. The van der Waals surface area contributed by atoms with E-state index in [2.05, 4.69) is 65.7 Å². The Balaban J connectivity index is 1.93. The fourth-order valence-electron chi connectivity index (χ4n) is 3.13. The first-order valence-electron chi connectivity index (χ1n) is 8.42. The summed E-state index contributed by atoms with van der Waals surface area (Å²) < 4.78 is 5.86. The van der Waals surface area contributed by atoms with E-state index in [1.807, 2.05) is 6.07 Å². The van der Waals surface area contributed by atoms with Gasteiger partial charge in [-0.05, 0) is 30.2 Å². The molecule has 0 saturated heterocycles. The van der Waals surface area contributed by atoms with Gasteiger partial charge in [0.1, 0.15) is 0 Å². The van der Waals surface area contributed by atoms with Crippen molar-refractivity contribution in [2.75, 3.05) is 24.6 Å². The first kappa shape index (κ1) is 16.5. The molecule has 1 aromatic rings. The third-order valence-electron chi connectivity index (χ3n) is 4.31. The maximum Gasteiger partial charge on any atom is 0.217 e. The van der Waals surface area contributed by atoms with Gasteiger partial charge in [0, 0.05) is 25.7 Å². The number of nitrogens with one attached hydrogen (secondary N) is 1. The van der Waals surface area contributed by atoms with Gasteiger partial charge in [0.15, 0.2) is 0 Å². The van der Waals surface area contributed by atoms with E-state index in [4.69, 9.17) is 4.74 Å². The average molecular weight is 324 g/mol. The van der Waals surface area contributed by atoms with Crippen LogP contribution in [0, 0.1) is 0 Å². The summed E-state index contributed by atoms with van der Waals surface area (Å²) in [5.41, 5.74) is 3.54. The molecule has 2 unspecified atom stereocenters. The van der Waals surface area contributed by atoms with Crippen molar-refractivity contribution in [3.63, 3.8) is 0 Å². The number of para-hydroxylation sites is 1. The Morgan fingerprint density at radius 2 is 2.04 bits per heavy atom. The third kappa shape index (κ3) is 3.95. The Morgan fingerprint density at radius 1 is 1.25 bits per heavy atom. The minimum absolute atomic E-state index is 0.00903. The summed E-state index contributed by atoms with van der Waals surface area (Å²) in [7, 11) is 0. The van der Waals surface area contributed by atoms with Gasteiger partial charge in [-0.1, -0.05) is 42.5 Å². The van der Waals surface area contributed by atoms with Crippen molar-refractivity contribution in [3.05, 3.63) is 65.8 Å². The number of carbonyl (C=O) groups is 1. The lowest BCUT2D eigenvalue weighted by molar-refractivity contribution is -0.118. The van der Waals surface area contributed by atoms with E-state index in [-0.39, 0.29) is 18.1 Å². The van der Waals surface area contributed by atoms with Gasteiger partial charge in [-0.3, -0.25) is 4.79 Å². The van der Waals surface area contributed by atoms with Gasteiger partial charge in [-0.15, -0.1) is 0 Å². The first-order chi connectivity index (χ1) is 11.6. The molecule has 4 heteroatoms. The number of nitrogens with zero attached hydrogens (tertiary/aromatic N) is 1. The SMILES string of the molecule is CC(=O)NCC1=CC2/C(=C\C(C)OCCN2c2ccccc2)C=C1. The summed E-state index contributed by atoms with van der Waals surface area (Å²) in [6, 6.07) is 10.6. The number of rotatable bonds is 3. The molecule has 0 fully saturated rings. The number of hydrogen-bond acceptors (Lipinski definition) is 3. The van der Waals surface area contributed by atoms with E-state index >= 15 is 0 Å². The number of ether oxygens (including phenoxy) is 1. The molecule has 0 bridgehead atoms. The van der Waals surface area contributed by atoms with E-state index in [0.717, 1.165) is 12.1 Å². The fraction of sp³-hybridized carbons (Fsp3) is 0.350. The molecule has 2 atom stereocenters. The van der Waals surface area contributed by atoms with Crippen LogP contribution in [0.5, 0.6) is 0 Å². The van der Waals surface area contributed by atoms with E-state index < -0.39 is 0 Å². The normalized spacial score (nSPS) is 25.7. The fourth-order valence-corrected chi connectivity index (χ4v) is 3.13. The Bertz CT molecular complexity index is 676. The molecule has 3 rings (SSSR count). The van der Waals surface area contributed by atoms with Crippen LogP contribution in [0.15, 0.2) is 65.8 Å². The Labute approximate surface area is 143 Å². The number of carbonyl (C=O) groups excluding carboxylic acids is 1. The Kier molecular flexibility index (Phi) is 5.16. The largest absolute Gasteiger partial charge is 0.373 e. The molecule has 1 amide bonds. The summed E-state index contributed by atoms with van der Waals surface area (Å²) in [6.45, 7) is 5.70. The highest BCUT2D eigenvalue weighted by molar-refractivity contribution is 5.73. The lowest BCUT2D eigenvalue weighted by Gasteiger charge is -2.37. The first-order valence-corrected chi connectivity index (χ1v) is 8.42. The van der Waals surface area contributed by atoms with Crippen molar-refractivity contribution >= 4 is 11.6 Å². The van der Waals surface area contributed by atoms with Crippen molar-refractivity contribution in [2.24, 2.45) is 0 Å². The summed E-state index contributed by atoms with van der Waals surface area (Å²) in [5, 5.41) is 2.88. The molecule has 1 aliphatic carbocycles. The summed E-state index contributed by atoms with van der Waals surface area (Å²) in [4.78, 5) is 13.6. The highest BCUT2D eigenvalue weighted by atomic mass is 16.5. The molecular formula is C20H24N2O2. The maximum atomic E-state index is 11.2. The van der Waals surface area contributed by atoms with Crippen LogP contribution in [0.4, 0.5) is 5.69 Å². The smallest absolute Gasteiger partial charge is 0.217 e. The van der Waals surface area contributed by atoms with Crippen molar-refractivity contribution in [1.82, 2.24) is 5.32 Å². The quantitative estimate of drug-likeness (QED) is 0.929. The molecule has 2 aliphatic rings. The topological polar surface area (TPSA) is 41.6 Å². The minimum Gasteiger partial charge on any atom is -0.373 e. The van der Waals surface area contributed by atoms with Crippen LogP contribution in [0.2, 0.25) is 0 Å². The van der Waals surface area contributed by atoms with Crippen molar-refractivity contribution < 1.29 is 9.53 Å². The molecule has 0 spiro atoms. The van der Waals surface area contributed by atoms with Crippen LogP contribution < -0.4 is 10.2 Å². The van der Waals surface area contributed by atoms with Gasteiger partial charge >= 0.3 is 0 Å². The lowest BCUT2D eigenvalue weighted by atomic mass is 9.93. The zero-order chi connectivity index (χ0) is 16.9.